The third kappa shape index (κ3) is 4.52. The minimum absolute atomic E-state index is 0.221. The molecule has 0 aliphatic rings. The molecule has 9 heteroatoms. The zero-order valence-electron chi connectivity index (χ0n) is 14.4. The van der Waals surface area contributed by atoms with E-state index in [1.807, 2.05) is 0 Å². The van der Waals surface area contributed by atoms with E-state index in [0.29, 0.717) is 17.2 Å². The maximum Gasteiger partial charge on any atom is 0.311 e. The highest BCUT2D eigenvalue weighted by molar-refractivity contribution is 6.09. The van der Waals surface area contributed by atoms with E-state index < -0.39 is 22.3 Å². The zero-order valence-corrected chi connectivity index (χ0v) is 14.4. The van der Waals surface area contributed by atoms with Gasteiger partial charge < -0.3 is 19.9 Å². The quantitative estimate of drug-likeness (QED) is 0.346. The second-order valence-corrected chi connectivity index (χ2v) is 5.20. The highest BCUT2D eigenvalue weighted by Gasteiger charge is 2.15. The maximum absolute atomic E-state index is 12.3. The van der Waals surface area contributed by atoms with Crippen molar-refractivity contribution >= 4 is 23.4 Å². The lowest BCUT2D eigenvalue weighted by molar-refractivity contribution is -0.385. The van der Waals surface area contributed by atoms with Crippen molar-refractivity contribution in [2.45, 2.75) is 0 Å². The van der Waals surface area contributed by atoms with Crippen LogP contribution in [0.5, 0.6) is 17.2 Å². The number of benzene rings is 2. The summed E-state index contributed by atoms with van der Waals surface area (Å²) in [6.45, 7) is 0. The summed E-state index contributed by atoms with van der Waals surface area (Å²) in [5.74, 6) is -0.346. The summed E-state index contributed by atoms with van der Waals surface area (Å²) < 4.78 is 10.3. The van der Waals surface area contributed by atoms with Crippen LogP contribution in [-0.2, 0) is 4.79 Å². The van der Waals surface area contributed by atoms with Crippen LogP contribution in [0.3, 0.4) is 0 Å². The number of anilines is 1. The Kier molecular flexibility index (Phi) is 5.96. The van der Waals surface area contributed by atoms with Gasteiger partial charge in [0.1, 0.15) is 11.6 Å². The standard InChI is InChI=1S/C18H15N3O6/c1-26-16-6-4-13(9-17(16)27-2)20-18(23)12(10-19)7-11-3-5-15(22)14(8-11)21(24)25/h3-9,22H,1-2H3,(H,20,23)/b12-7+. The van der Waals surface area contributed by atoms with Crippen molar-refractivity contribution in [3.05, 3.63) is 57.6 Å². The Morgan fingerprint density at radius 2 is 1.93 bits per heavy atom. The van der Waals surface area contributed by atoms with Gasteiger partial charge in [0.2, 0.25) is 0 Å². The van der Waals surface area contributed by atoms with Crippen LogP contribution in [0.1, 0.15) is 5.56 Å². The summed E-state index contributed by atoms with van der Waals surface area (Å²) in [5.41, 5.74) is -0.208. The molecule has 9 nitrogen and oxygen atoms in total. The number of ether oxygens (including phenoxy) is 2. The molecule has 2 N–H and O–H groups in total. The van der Waals surface area contributed by atoms with Gasteiger partial charge >= 0.3 is 5.69 Å². The highest BCUT2D eigenvalue weighted by atomic mass is 16.6. The third-order valence-electron chi connectivity index (χ3n) is 3.51. The van der Waals surface area contributed by atoms with Gasteiger partial charge in [-0.15, -0.1) is 0 Å². The molecule has 2 rings (SSSR count). The van der Waals surface area contributed by atoms with Crippen molar-refractivity contribution in [2.75, 3.05) is 19.5 Å². The molecule has 0 unspecified atom stereocenters. The molecule has 0 fully saturated rings. The normalized spacial score (nSPS) is 10.6. The molecule has 0 spiro atoms. The molecule has 0 saturated heterocycles. The van der Waals surface area contributed by atoms with E-state index in [1.165, 1.54) is 32.4 Å². The number of phenols is 1. The average Bonchev–Trinajstić information content (AvgIpc) is 2.66. The zero-order chi connectivity index (χ0) is 20.0. The first-order chi connectivity index (χ1) is 12.9. The van der Waals surface area contributed by atoms with E-state index >= 15 is 0 Å². The van der Waals surface area contributed by atoms with Crippen LogP contribution >= 0.6 is 0 Å². The smallest absolute Gasteiger partial charge is 0.311 e. The molecule has 0 radical (unpaired) electrons. The van der Waals surface area contributed by atoms with Gasteiger partial charge in [0.05, 0.1) is 19.1 Å². The lowest BCUT2D eigenvalue weighted by atomic mass is 10.1. The number of carbonyl (C=O) groups is 1. The Balaban J connectivity index is 2.29. The van der Waals surface area contributed by atoms with Crippen molar-refractivity contribution in [1.29, 1.82) is 5.26 Å². The summed E-state index contributed by atoms with van der Waals surface area (Å²) in [6, 6.07) is 9.96. The Bertz CT molecular complexity index is 962. The summed E-state index contributed by atoms with van der Waals surface area (Å²) in [4.78, 5) is 22.4. The maximum atomic E-state index is 12.3. The molecule has 0 aliphatic heterocycles. The SMILES string of the molecule is COc1ccc(NC(=O)/C(C#N)=C/c2ccc(O)c([N+](=O)[O-])c2)cc1OC. The van der Waals surface area contributed by atoms with Crippen LogP contribution in [0.25, 0.3) is 6.08 Å². The van der Waals surface area contributed by atoms with Gasteiger partial charge in [-0.2, -0.15) is 5.26 Å². The summed E-state index contributed by atoms with van der Waals surface area (Å²) in [6.07, 6.45) is 1.18. The van der Waals surface area contributed by atoms with Crippen molar-refractivity contribution in [3.63, 3.8) is 0 Å². The molecular formula is C18H15N3O6. The monoisotopic (exact) mass is 369 g/mol. The van der Waals surface area contributed by atoms with Crippen LogP contribution in [0, 0.1) is 21.4 Å². The predicted molar refractivity (Wildman–Crippen MR) is 96.5 cm³/mol. The molecule has 1 amide bonds. The molecule has 2 aromatic carbocycles. The van der Waals surface area contributed by atoms with Gasteiger partial charge in [0.25, 0.3) is 5.91 Å². The minimum Gasteiger partial charge on any atom is -0.502 e. The second-order valence-electron chi connectivity index (χ2n) is 5.20. The predicted octanol–water partition coefficient (Wildman–Crippen LogP) is 2.86. The van der Waals surface area contributed by atoms with Crippen LogP contribution in [-0.4, -0.2) is 30.2 Å². The lowest BCUT2D eigenvalue weighted by Gasteiger charge is -2.10. The molecule has 138 valence electrons. The van der Waals surface area contributed by atoms with Gasteiger partial charge in [0.15, 0.2) is 17.2 Å². The van der Waals surface area contributed by atoms with E-state index in [1.54, 1.807) is 18.2 Å². The number of rotatable bonds is 6. The number of nitro benzene ring substituents is 1. The molecule has 0 aliphatic carbocycles. The number of nitriles is 1. The Morgan fingerprint density at radius 3 is 2.52 bits per heavy atom. The largest absolute Gasteiger partial charge is 0.502 e. The number of hydrogen-bond acceptors (Lipinski definition) is 7. The van der Waals surface area contributed by atoms with Crippen LogP contribution in [0.15, 0.2) is 42.0 Å². The minimum atomic E-state index is -0.761. The van der Waals surface area contributed by atoms with Gasteiger partial charge in [0, 0.05) is 17.8 Å². The molecule has 0 saturated carbocycles. The van der Waals surface area contributed by atoms with Gasteiger partial charge in [-0.05, 0) is 29.8 Å². The Morgan fingerprint density at radius 1 is 1.22 bits per heavy atom. The Hall–Kier alpha value is -4.06. The number of amides is 1. The number of methoxy groups -OCH3 is 2. The molecule has 0 aromatic heterocycles. The van der Waals surface area contributed by atoms with E-state index in [0.717, 1.165) is 12.1 Å². The number of nitro groups is 1. The molecule has 0 atom stereocenters. The fraction of sp³-hybridized carbons (Fsp3) is 0.111. The first kappa shape index (κ1) is 19.3. The number of phenolic OH excluding ortho intramolecular Hbond substituents is 1. The number of carbonyl (C=O) groups excluding carboxylic acids is 1. The number of hydrogen-bond donors (Lipinski definition) is 2. The molecule has 27 heavy (non-hydrogen) atoms. The topological polar surface area (TPSA) is 135 Å². The third-order valence-corrected chi connectivity index (χ3v) is 3.51. The fourth-order valence-corrected chi connectivity index (χ4v) is 2.20. The highest BCUT2D eigenvalue weighted by Crippen LogP contribution is 2.30. The molecular weight excluding hydrogens is 354 g/mol. The summed E-state index contributed by atoms with van der Waals surface area (Å²) in [7, 11) is 2.92. The van der Waals surface area contributed by atoms with E-state index in [9.17, 15) is 25.3 Å². The van der Waals surface area contributed by atoms with Gasteiger partial charge in [-0.3, -0.25) is 14.9 Å². The van der Waals surface area contributed by atoms with Crippen molar-refractivity contribution in [1.82, 2.24) is 0 Å². The van der Waals surface area contributed by atoms with Crippen LogP contribution < -0.4 is 14.8 Å². The van der Waals surface area contributed by atoms with Crippen LogP contribution in [0.2, 0.25) is 0 Å². The molecule has 2 aromatic rings. The average molecular weight is 369 g/mol. The lowest BCUT2D eigenvalue weighted by Crippen LogP contribution is -2.13. The first-order valence-corrected chi connectivity index (χ1v) is 7.52. The Labute approximate surface area is 154 Å². The van der Waals surface area contributed by atoms with Crippen LogP contribution in [0.4, 0.5) is 11.4 Å². The van der Waals surface area contributed by atoms with E-state index in [-0.39, 0.29) is 11.1 Å². The van der Waals surface area contributed by atoms with Crippen molar-refractivity contribution < 1.29 is 24.3 Å². The molecule has 0 bridgehead atoms. The van der Waals surface area contributed by atoms with Crippen molar-refractivity contribution in [3.8, 4) is 23.3 Å². The van der Waals surface area contributed by atoms with Gasteiger partial charge in [-0.25, -0.2) is 0 Å². The van der Waals surface area contributed by atoms with Gasteiger partial charge in [-0.1, -0.05) is 6.07 Å². The van der Waals surface area contributed by atoms with E-state index in [2.05, 4.69) is 5.32 Å². The number of aromatic hydroxyl groups is 1. The number of nitrogens with zero attached hydrogens (tertiary/aromatic N) is 2. The number of nitrogens with one attached hydrogen (secondary N) is 1. The first-order valence-electron chi connectivity index (χ1n) is 7.52. The second kappa shape index (κ2) is 8.35. The summed E-state index contributed by atoms with van der Waals surface area (Å²) in [5, 5.41) is 32.1. The fourth-order valence-electron chi connectivity index (χ4n) is 2.20. The van der Waals surface area contributed by atoms with Crippen molar-refractivity contribution in [2.24, 2.45) is 0 Å². The molecule has 0 heterocycles. The van der Waals surface area contributed by atoms with E-state index in [4.69, 9.17) is 9.47 Å². The summed E-state index contributed by atoms with van der Waals surface area (Å²) >= 11 is 0.